The molecule has 0 N–H and O–H groups in total. The average molecular weight is 1020 g/mol. The zero-order valence-electron chi connectivity index (χ0n) is 45.2. The Labute approximate surface area is 416 Å². The van der Waals surface area contributed by atoms with Gasteiger partial charge in [0.15, 0.2) is 40.0 Å². The summed E-state index contributed by atoms with van der Waals surface area (Å²) >= 11 is 0. The van der Waals surface area contributed by atoms with Gasteiger partial charge < -0.3 is 37.0 Å². The van der Waals surface area contributed by atoms with Gasteiger partial charge in [0.05, 0.1) is 67.4 Å². The number of rotatable bonds is 25. The fourth-order valence-corrected chi connectivity index (χ4v) is 16.9. The molecular formula is C53H94O11SSi3. The third-order valence-electron chi connectivity index (χ3n) is 16.7. The van der Waals surface area contributed by atoms with Gasteiger partial charge in [-0.05, 0) is 122 Å². The predicted octanol–water partition coefficient (Wildman–Crippen LogP) is 12.2. The van der Waals surface area contributed by atoms with Gasteiger partial charge in [-0.25, -0.2) is 8.42 Å². The van der Waals surface area contributed by atoms with Crippen molar-refractivity contribution in [3.05, 3.63) is 54.6 Å². The molecule has 0 unspecified atom stereocenters. The van der Waals surface area contributed by atoms with Crippen LogP contribution >= 0.6 is 0 Å². The number of ether oxygens (including phenoxy) is 5. The first-order valence-corrected chi connectivity index (χ1v) is 35.7. The second kappa shape index (κ2) is 24.5. The maximum absolute atomic E-state index is 14.8. The van der Waals surface area contributed by atoms with Crippen molar-refractivity contribution in [1.29, 1.82) is 0 Å². The van der Waals surface area contributed by atoms with Crippen LogP contribution in [0.4, 0.5) is 0 Å². The molecule has 0 radical (unpaired) electrons. The summed E-state index contributed by atoms with van der Waals surface area (Å²) in [5.41, 5.74) is 2.06. The molecule has 11 atom stereocenters. The summed E-state index contributed by atoms with van der Waals surface area (Å²) in [7, 11) is -7.68. The van der Waals surface area contributed by atoms with Crippen molar-refractivity contribution in [2.75, 3.05) is 27.4 Å². The molecule has 0 spiro atoms. The minimum atomic E-state index is -4.31. The molecule has 0 aliphatic carbocycles. The van der Waals surface area contributed by atoms with Gasteiger partial charge in [0.2, 0.25) is 0 Å². The number of carbonyl (C=O) groups excluding carboxylic acids is 1. The molecule has 1 aromatic rings. The van der Waals surface area contributed by atoms with Crippen molar-refractivity contribution >= 4 is 40.8 Å². The smallest absolute Gasteiger partial charge is 0.324 e. The summed E-state index contributed by atoms with van der Waals surface area (Å²) in [5.74, 6) is -1.68. The zero-order chi connectivity index (χ0) is 51.0. The summed E-state index contributed by atoms with van der Waals surface area (Å²) in [6.07, 6.45) is 2.78. The van der Waals surface area contributed by atoms with E-state index in [0.717, 1.165) is 74.4 Å². The van der Waals surface area contributed by atoms with Crippen LogP contribution in [0.25, 0.3) is 0 Å². The highest BCUT2D eigenvalue weighted by atomic mass is 32.2. The van der Waals surface area contributed by atoms with Crippen LogP contribution in [0.3, 0.4) is 0 Å². The topological polar surface area (TPSA) is 125 Å². The molecule has 390 valence electrons. The predicted molar refractivity (Wildman–Crippen MR) is 282 cm³/mol. The van der Waals surface area contributed by atoms with Gasteiger partial charge in [0.25, 0.3) is 0 Å². The second-order valence-corrected chi connectivity index (χ2v) is 39.6. The molecule has 0 aromatic heterocycles. The Morgan fingerprint density at radius 1 is 0.809 bits per heavy atom. The third-order valence-corrected chi connectivity index (χ3v) is 32.5. The van der Waals surface area contributed by atoms with Crippen molar-refractivity contribution in [2.24, 2.45) is 11.8 Å². The van der Waals surface area contributed by atoms with Gasteiger partial charge in [-0.2, -0.15) is 0 Å². The van der Waals surface area contributed by atoms with E-state index in [4.69, 9.17) is 37.0 Å². The molecule has 3 fully saturated rings. The van der Waals surface area contributed by atoms with Crippen LogP contribution in [0.15, 0.2) is 59.5 Å². The summed E-state index contributed by atoms with van der Waals surface area (Å²) in [4.78, 5) is 14.1. The lowest BCUT2D eigenvalue weighted by Crippen LogP contribution is -2.50. The first-order chi connectivity index (χ1) is 31.6. The van der Waals surface area contributed by atoms with E-state index in [1.54, 1.807) is 25.3 Å². The van der Waals surface area contributed by atoms with Crippen molar-refractivity contribution in [3.63, 3.8) is 0 Å². The number of methoxy groups -OCH3 is 2. The minimum Gasteiger partial charge on any atom is -0.468 e. The first-order valence-electron chi connectivity index (χ1n) is 25.8. The Hall–Kier alpha value is -1.51. The van der Waals surface area contributed by atoms with E-state index in [2.05, 4.69) is 109 Å². The van der Waals surface area contributed by atoms with E-state index in [-0.39, 0.29) is 51.7 Å². The quantitative estimate of drug-likeness (QED) is 0.0402. The van der Waals surface area contributed by atoms with E-state index in [1.165, 1.54) is 19.2 Å². The SMILES string of the molecule is C=C1C[C@H](CCCO[Si](CC)(CC)CC)O[C@H]1CC[C@H]1C[C@@H](C)C(=C)[C@@H](C[C@@H]2O[C@H](C[C@@H](CO[Si](C)(C)C(C)(C)C)O[Si](C)(C)C(C)(C)C)[C@H](OC)[C@H]2[C@H](C(=O)OC)S(=O)(=O)c2ccccc2)O1. The highest BCUT2D eigenvalue weighted by Gasteiger charge is 2.57. The lowest BCUT2D eigenvalue weighted by molar-refractivity contribution is -0.142. The van der Waals surface area contributed by atoms with Crippen LogP contribution in [0.5, 0.6) is 0 Å². The van der Waals surface area contributed by atoms with Crippen molar-refractivity contribution in [3.8, 4) is 0 Å². The second-order valence-electron chi connectivity index (χ2n) is 23.2. The lowest BCUT2D eigenvalue weighted by atomic mass is 9.82. The van der Waals surface area contributed by atoms with E-state index in [9.17, 15) is 13.2 Å². The molecule has 3 aliphatic rings. The molecule has 3 aliphatic heterocycles. The van der Waals surface area contributed by atoms with Crippen molar-refractivity contribution in [2.45, 2.75) is 234 Å². The number of carbonyl (C=O) groups is 1. The molecule has 0 bridgehead atoms. The van der Waals surface area contributed by atoms with Crippen LogP contribution in [0.1, 0.15) is 121 Å². The standard InChI is InChI=1S/C53H94O11SSi3/c1-19-68(20-2,21-3)59-31-25-26-40-33-38(5)44(61-40)30-29-41-32-37(4)39(6)45(62-41)35-46-48(50(51(54)58-14)65(55,56)43-27-23-22-24-28-43)49(57-13)47(63-46)34-42(64-67(17,18)53(10,11)12)36-60-66(15,16)52(7,8)9/h22-24,27-28,37,40-42,44-50H,5-6,19-21,25-26,29-36H2,1-4,7-18H3/t37-,40+,41+,42+,44+,45-,46+,47-,48+,49+,50-/m1/s1. The number of hydrogen-bond acceptors (Lipinski definition) is 11. The van der Waals surface area contributed by atoms with Gasteiger partial charge in [-0.1, -0.05) is 101 Å². The Morgan fingerprint density at radius 2 is 1.41 bits per heavy atom. The van der Waals surface area contributed by atoms with Crippen molar-refractivity contribution in [1.82, 2.24) is 0 Å². The van der Waals surface area contributed by atoms with E-state index < -0.39 is 76.3 Å². The van der Waals surface area contributed by atoms with Crippen LogP contribution < -0.4 is 0 Å². The van der Waals surface area contributed by atoms with Gasteiger partial charge in [-0.15, -0.1) is 0 Å². The zero-order valence-corrected chi connectivity index (χ0v) is 49.1. The largest absolute Gasteiger partial charge is 0.468 e. The third kappa shape index (κ3) is 14.6. The fraction of sp³-hybridized carbons (Fsp3) is 0.792. The van der Waals surface area contributed by atoms with Gasteiger partial charge in [0.1, 0.15) is 0 Å². The Kier molecular flexibility index (Phi) is 21.3. The van der Waals surface area contributed by atoms with Crippen LogP contribution in [-0.2, 0) is 51.6 Å². The van der Waals surface area contributed by atoms with Crippen LogP contribution in [-0.4, -0.2) is 121 Å². The first kappa shape index (κ1) is 59.1. The van der Waals surface area contributed by atoms with Crippen molar-refractivity contribution < 1.29 is 50.2 Å². The van der Waals surface area contributed by atoms with Crippen LogP contribution in [0, 0.1) is 11.8 Å². The van der Waals surface area contributed by atoms with Crippen LogP contribution in [0.2, 0.25) is 54.4 Å². The summed E-state index contributed by atoms with van der Waals surface area (Å²) in [5, 5.41) is -1.73. The summed E-state index contributed by atoms with van der Waals surface area (Å²) in [6.45, 7) is 41.3. The maximum Gasteiger partial charge on any atom is 0.324 e. The summed E-state index contributed by atoms with van der Waals surface area (Å²) in [6, 6.07) is 11.6. The van der Waals surface area contributed by atoms with Gasteiger partial charge in [-0.3, -0.25) is 4.79 Å². The number of benzene rings is 1. The molecule has 3 heterocycles. The molecule has 0 saturated carbocycles. The molecule has 0 amide bonds. The maximum atomic E-state index is 14.8. The Balaban J connectivity index is 1.62. The number of sulfone groups is 1. The lowest BCUT2D eigenvalue weighted by Gasteiger charge is -2.42. The van der Waals surface area contributed by atoms with Gasteiger partial charge >= 0.3 is 5.97 Å². The number of hydrogen-bond donors (Lipinski definition) is 0. The molecule has 4 rings (SSSR count). The van der Waals surface area contributed by atoms with E-state index in [1.807, 2.05) is 0 Å². The fourth-order valence-electron chi connectivity index (χ4n) is 9.89. The minimum absolute atomic E-state index is 0.0251. The molecule has 15 heteroatoms. The van der Waals surface area contributed by atoms with E-state index >= 15 is 0 Å². The molecule has 68 heavy (non-hydrogen) atoms. The van der Waals surface area contributed by atoms with E-state index in [0.29, 0.717) is 13.0 Å². The molecule has 3 saturated heterocycles. The molecule has 11 nitrogen and oxygen atoms in total. The Morgan fingerprint density at radius 3 is 1.97 bits per heavy atom. The normalized spacial score (nSPS) is 27.7. The molecular weight excluding hydrogens is 929 g/mol. The Bertz CT molecular complexity index is 1880. The average Bonchev–Trinajstić information content (AvgIpc) is 3.80. The number of esters is 1. The highest BCUT2D eigenvalue weighted by Crippen LogP contribution is 2.46. The van der Waals surface area contributed by atoms with Gasteiger partial charge in [0, 0.05) is 32.5 Å². The highest BCUT2D eigenvalue weighted by molar-refractivity contribution is 7.92. The monoisotopic (exact) mass is 1020 g/mol. The summed E-state index contributed by atoms with van der Waals surface area (Å²) < 4.78 is 82.5. The molecule has 1 aromatic carbocycles.